The minimum Gasteiger partial charge on any atom is -0.507 e. The van der Waals surface area contributed by atoms with Crippen molar-refractivity contribution in [2.75, 3.05) is 0 Å². The first-order chi connectivity index (χ1) is 9.16. The number of hydrogen-bond donors (Lipinski definition) is 2. The number of amides is 1. The van der Waals surface area contributed by atoms with Crippen LogP contribution in [0, 0.1) is 0 Å². The molecule has 19 heavy (non-hydrogen) atoms. The number of aromatic hydroxyl groups is 1. The lowest BCUT2D eigenvalue weighted by atomic mass is 10.2. The smallest absolute Gasteiger partial charge is 0.272 e. The number of nitrogens with one attached hydrogen (secondary N) is 1. The van der Waals surface area contributed by atoms with Crippen LogP contribution in [-0.2, 0) is 0 Å². The predicted molar refractivity (Wildman–Crippen MR) is 72.4 cm³/mol. The van der Waals surface area contributed by atoms with Gasteiger partial charge in [-0.15, -0.1) is 0 Å². The Kier molecular flexibility index (Phi) is 4.10. The molecule has 2 N–H and O–H groups in total. The molecule has 0 aliphatic rings. The van der Waals surface area contributed by atoms with E-state index in [0.717, 1.165) is 0 Å². The first-order valence-corrected chi connectivity index (χ1v) is 5.76. The summed E-state index contributed by atoms with van der Waals surface area (Å²) in [6.07, 6.45) is 4.32. The van der Waals surface area contributed by atoms with Gasteiger partial charge in [-0.1, -0.05) is 11.6 Å². The maximum atomic E-state index is 11.6. The van der Waals surface area contributed by atoms with Crippen LogP contribution in [0.25, 0.3) is 0 Å². The summed E-state index contributed by atoms with van der Waals surface area (Å²) < 4.78 is 0. The largest absolute Gasteiger partial charge is 0.507 e. The first kappa shape index (κ1) is 13.0. The number of aromatic nitrogens is 1. The number of pyridine rings is 1. The second-order valence-electron chi connectivity index (χ2n) is 3.64. The Morgan fingerprint density at radius 3 is 3.00 bits per heavy atom. The van der Waals surface area contributed by atoms with Crippen molar-refractivity contribution in [3.05, 3.63) is 58.9 Å². The number of benzene rings is 1. The van der Waals surface area contributed by atoms with Gasteiger partial charge in [0.05, 0.1) is 11.8 Å². The zero-order valence-electron chi connectivity index (χ0n) is 9.75. The Bertz CT molecular complexity index is 615. The van der Waals surface area contributed by atoms with Crippen LogP contribution in [0.15, 0.2) is 47.8 Å². The van der Waals surface area contributed by atoms with Crippen LogP contribution in [0.1, 0.15) is 15.9 Å². The minimum absolute atomic E-state index is 0.0313. The molecule has 0 unspecified atom stereocenters. The van der Waals surface area contributed by atoms with E-state index in [9.17, 15) is 9.90 Å². The molecule has 1 aromatic heterocycles. The molecule has 0 aliphatic carbocycles. The highest BCUT2D eigenvalue weighted by atomic mass is 35.5. The number of hydrazone groups is 1. The van der Waals surface area contributed by atoms with E-state index in [0.29, 0.717) is 16.1 Å². The quantitative estimate of drug-likeness (QED) is 0.666. The Morgan fingerprint density at radius 2 is 2.26 bits per heavy atom. The summed E-state index contributed by atoms with van der Waals surface area (Å²) in [7, 11) is 0. The van der Waals surface area contributed by atoms with Gasteiger partial charge in [0.25, 0.3) is 5.91 Å². The van der Waals surface area contributed by atoms with Crippen molar-refractivity contribution in [1.82, 2.24) is 10.4 Å². The van der Waals surface area contributed by atoms with Gasteiger partial charge in [-0.3, -0.25) is 9.78 Å². The molecule has 1 amide bonds. The SMILES string of the molecule is O=C(N/N=C\c1cc(Cl)ccc1O)c1cccnc1. The van der Waals surface area contributed by atoms with Crippen molar-refractivity contribution in [2.45, 2.75) is 0 Å². The average molecular weight is 276 g/mol. The van der Waals surface area contributed by atoms with E-state index in [1.54, 1.807) is 24.4 Å². The Labute approximate surface area is 114 Å². The number of halogens is 1. The highest BCUT2D eigenvalue weighted by Gasteiger charge is 2.03. The number of hydrogen-bond acceptors (Lipinski definition) is 4. The van der Waals surface area contributed by atoms with Gasteiger partial charge in [-0.25, -0.2) is 5.43 Å². The standard InChI is InChI=1S/C13H10ClN3O2/c14-11-3-4-12(18)10(6-11)8-16-17-13(19)9-2-1-5-15-7-9/h1-8,18H,(H,17,19)/b16-8-. The molecule has 0 fully saturated rings. The number of carbonyl (C=O) groups is 1. The third-order valence-electron chi connectivity index (χ3n) is 2.28. The second-order valence-corrected chi connectivity index (χ2v) is 4.08. The van der Waals surface area contributed by atoms with Crippen LogP contribution < -0.4 is 5.43 Å². The molecular weight excluding hydrogens is 266 g/mol. The fourth-order valence-corrected chi connectivity index (χ4v) is 1.53. The molecule has 1 heterocycles. The van der Waals surface area contributed by atoms with E-state index in [1.807, 2.05) is 0 Å². The molecule has 0 spiro atoms. The molecule has 96 valence electrons. The van der Waals surface area contributed by atoms with Crippen molar-refractivity contribution < 1.29 is 9.90 Å². The molecule has 5 nitrogen and oxygen atoms in total. The van der Waals surface area contributed by atoms with Gasteiger partial charge in [-0.05, 0) is 30.3 Å². The second kappa shape index (κ2) is 5.97. The van der Waals surface area contributed by atoms with Gasteiger partial charge in [0.15, 0.2) is 0 Å². The molecule has 0 bridgehead atoms. The highest BCUT2D eigenvalue weighted by Crippen LogP contribution is 2.19. The van der Waals surface area contributed by atoms with Crippen LogP contribution in [0.2, 0.25) is 5.02 Å². The highest BCUT2D eigenvalue weighted by molar-refractivity contribution is 6.30. The molecule has 2 rings (SSSR count). The van der Waals surface area contributed by atoms with Crippen molar-refractivity contribution in [3.63, 3.8) is 0 Å². The van der Waals surface area contributed by atoms with E-state index in [1.165, 1.54) is 24.5 Å². The number of phenols is 1. The van der Waals surface area contributed by atoms with Crippen LogP contribution >= 0.6 is 11.6 Å². The zero-order chi connectivity index (χ0) is 13.7. The summed E-state index contributed by atoms with van der Waals surface area (Å²) >= 11 is 5.79. The third kappa shape index (κ3) is 3.53. The molecule has 0 atom stereocenters. The maximum Gasteiger partial charge on any atom is 0.272 e. The monoisotopic (exact) mass is 275 g/mol. The number of rotatable bonds is 3. The Balaban J connectivity index is 2.04. The van der Waals surface area contributed by atoms with Gasteiger partial charge in [0.1, 0.15) is 5.75 Å². The number of nitrogens with zero attached hydrogens (tertiary/aromatic N) is 2. The van der Waals surface area contributed by atoms with Gasteiger partial charge < -0.3 is 5.11 Å². The molecule has 6 heteroatoms. The van der Waals surface area contributed by atoms with E-state index in [-0.39, 0.29) is 11.7 Å². The Hall–Kier alpha value is -2.40. The summed E-state index contributed by atoms with van der Waals surface area (Å²) in [5, 5.41) is 13.8. The summed E-state index contributed by atoms with van der Waals surface area (Å²) in [5.74, 6) is -0.352. The van der Waals surface area contributed by atoms with Crippen molar-refractivity contribution >= 4 is 23.7 Å². The van der Waals surface area contributed by atoms with Gasteiger partial charge in [-0.2, -0.15) is 5.10 Å². The van der Waals surface area contributed by atoms with Crippen LogP contribution in [0.3, 0.4) is 0 Å². The molecular formula is C13H10ClN3O2. The average Bonchev–Trinajstić information content (AvgIpc) is 2.43. The maximum absolute atomic E-state index is 11.6. The topological polar surface area (TPSA) is 74.6 Å². The lowest BCUT2D eigenvalue weighted by Crippen LogP contribution is -2.17. The summed E-state index contributed by atoms with van der Waals surface area (Å²) in [6, 6.07) is 7.82. The summed E-state index contributed by atoms with van der Waals surface area (Å²) in [5.41, 5.74) is 3.14. The van der Waals surface area contributed by atoms with Crippen molar-refractivity contribution in [1.29, 1.82) is 0 Å². The van der Waals surface area contributed by atoms with Crippen LogP contribution in [0.4, 0.5) is 0 Å². The Morgan fingerprint density at radius 1 is 1.42 bits per heavy atom. The fourth-order valence-electron chi connectivity index (χ4n) is 1.35. The molecule has 0 saturated carbocycles. The molecule has 0 saturated heterocycles. The minimum atomic E-state index is -0.383. The fraction of sp³-hybridized carbons (Fsp3) is 0. The molecule has 0 radical (unpaired) electrons. The van der Waals surface area contributed by atoms with Crippen LogP contribution in [0.5, 0.6) is 5.75 Å². The third-order valence-corrected chi connectivity index (χ3v) is 2.52. The normalized spacial score (nSPS) is 10.6. The predicted octanol–water partition coefficient (Wildman–Crippen LogP) is 2.20. The van der Waals surface area contributed by atoms with Crippen LogP contribution in [-0.4, -0.2) is 22.2 Å². The van der Waals surface area contributed by atoms with E-state index in [2.05, 4.69) is 15.5 Å². The molecule has 0 aliphatic heterocycles. The zero-order valence-corrected chi connectivity index (χ0v) is 10.5. The van der Waals surface area contributed by atoms with Crippen molar-refractivity contribution in [2.24, 2.45) is 5.10 Å². The van der Waals surface area contributed by atoms with E-state index >= 15 is 0 Å². The number of carbonyl (C=O) groups excluding carboxylic acids is 1. The summed E-state index contributed by atoms with van der Waals surface area (Å²) in [6.45, 7) is 0. The molecule has 2 aromatic rings. The first-order valence-electron chi connectivity index (χ1n) is 5.39. The molecule has 1 aromatic carbocycles. The van der Waals surface area contributed by atoms with Gasteiger partial charge >= 0.3 is 0 Å². The summed E-state index contributed by atoms with van der Waals surface area (Å²) in [4.78, 5) is 15.5. The van der Waals surface area contributed by atoms with Gasteiger partial charge in [0.2, 0.25) is 0 Å². The van der Waals surface area contributed by atoms with E-state index in [4.69, 9.17) is 11.6 Å². The lowest BCUT2D eigenvalue weighted by molar-refractivity contribution is 0.0954. The van der Waals surface area contributed by atoms with E-state index < -0.39 is 0 Å². The number of phenolic OH excluding ortho intramolecular Hbond substituents is 1. The van der Waals surface area contributed by atoms with Gasteiger partial charge in [0, 0.05) is 23.0 Å². The lowest BCUT2D eigenvalue weighted by Gasteiger charge is -2.00. The van der Waals surface area contributed by atoms with Crippen molar-refractivity contribution in [3.8, 4) is 5.75 Å².